The third-order valence-corrected chi connectivity index (χ3v) is 3.97. The molecule has 2 rings (SSSR count). The molecule has 148 valence electrons. The first kappa shape index (κ1) is 21.6. The molecule has 0 unspecified atom stereocenters. The predicted octanol–water partition coefficient (Wildman–Crippen LogP) is 2.98. The Morgan fingerprint density at radius 3 is 2.29 bits per heavy atom. The van der Waals surface area contributed by atoms with Crippen LogP contribution in [0, 0.1) is 5.92 Å². The zero-order chi connectivity index (χ0) is 20.7. The molecule has 0 aliphatic heterocycles. The summed E-state index contributed by atoms with van der Waals surface area (Å²) in [7, 11) is 0. The number of rotatable bonds is 5. The van der Waals surface area contributed by atoms with E-state index in [2.05, 4.69) is 37.4 Å². The van der Waals surface area contributed by atoms with Gasteiger partial charge in [0.1, 0.15) is 0 Å². The molecule has 3 amide bonds. The topological polar surface area (TPSA) is 112 Å². The lowest BCUT2D eigenvalue weighted by Gasteiger charge is -2.11. The van der Waals surface area contributed by atoms with Gasteiger partial charge in [0.05, 0.1) is 0 Å². The maximum Gasteiger partial charge on any atom is 0.293 e. The molecule has 10 heteroatoms. The van der Waals surface area contributed by atoms with Crippen molar-refractivity contribution in [2.75, 3.05) is 5.32 Å². The second-order valence-electron chi connectivity index (χ2n) is 6.19. The SMILES string of the molecule is CC(C)CC(=O)Nc1ccc(C(=O)NNC(=S)NC(=O)c2ccc(Br)o2)cc1. The number of furan rings is 1. The van der Waals surface area contributed by atoms with Crippen molar-refractivity contribution in [3.63, 3.8) is 0 Å². The van der Waals surface area contributed by atoms with Crippen LogP contribution in [0.25, 0.3) is 0 Å². The lowest BCUT2D eigenvalue weighted by atomic mass is 10.1. The van der Waals surface area contributed by atoms with Crippen molar-refractivity contribution in [2.24, 2.45) is 5.92 Å². The largest absolute Gasteiger partial charge is 0.444 e. The summed E-state index contributed by atoms with van der Waals surface area (Å²) in [6.45, 7) is 3.92. The molecule has 0 saturated carbocycles. The number of nitrogens with one attached hydrogen (secondary N) is 4. The molecule has 1 aromatic carbocycles. The van der Waals surface area contributed by atoms with Gasteiger partial charge in [0.25, 0.3) is 11.8 Å². The molecule has 1 heterocycles. The highest BCUT2D eigenvalue weighted by Gasteiger charge is 2.13. The Kier molecular flexibility index (Phi) is 7.70. The van der Waals surface area contributed by atoms with Gasteiger partial charge >= 0.3 is 0 Å². The third-order valence-electron chi connectivity index (χ3n) is 3.34. The van der Waals surface area contributed by atoms with E-state index in [-0.39, 0.29) is 22.7 Å². The molecule has 8 nitrogen and oxygen atoms in total. The fraction of sp³-hybridized carbons (Fsp3) is 0.222. The summed E-state index contributed by atoms with van der Waals surface area (Å²) in [4.78, 5) is 35.8. The summed E-state index contributed by atoms with van der Waals surface area (Å²) < 4.78 is 5.51. The number of thiocarbonyl (C=S) groups is 1. The van der Waals surface area contributed by atoms with E-state index in [4.69, 9.17) is 16.6 Å². The fourth-order valence-electron chi connectivity index (χ4n) is 2.11. The fourth-order valence-corrected chi connectivity index (χ4v) is 2.56. The van der Waals surface area contributed by atoms with Crippen molar-refractivity contribution in [3.8, 4) is 0 Å². The van der Waals surface area contributed by atoms with Crippen LogP contribution in [0.15, 0.2) is 45.5 Å². The zero-order valence-corrected chi connectivity index (χ0v) is 17.6. The maximum absolute atomic E-state index is 12.1. The summed E-state index contributed by atoms with van der Waals surface area (Å²) in [5.74, 6) is -0.776. The average Bonchev–Trinajstić information content (AvgIpc) is 3.06. The number of halogens is 1. The Balaban J connectivity index is 1.81. The summed E-state index contributed by atoms with van der Waals surface area (Å²) in [6.07, 6.45) is 0.421. The van der Waals surface area contributed by atoms with E-state index in [1.807, 2.05) is 13.8 Å². The smallest absolute Gasteiger partial charge is 0.293 e. The first-order valence-electron chi connectivity index (χ1n) is 8.31. The Labute approximate surface area is 175 Å². The van der Waals surface area contributed by atoms with Crippen molar-refractivity contribution in [1.82, 2.24) is 16.2 Å². The minimum absolute atomic E-state index is 0.0671. The van der Waals surface area contributed by atoms with E-state index in [1.165, 1.54) is 6.07 Å². The molecule has 28 heavy (non-hydrogen) atoms. The Morgan fingerprint density at radius 2 is 1.71 bits per heavy atom. The van der Waals surface area contributed by atoms with Crippen LogP contribution in [-0.2, 0) is 4.79 Å². The highest BCUT2D eigenvalue weighted by Crippen LogP contribution is 2.13. The Bertz CT molecular complexity index is 880. The van der Waals surface area contributed by atoms with Gasteiger partial charge in [-0.2, -0.15) is 0 Å². The van der Waals surface area contributed by atoms with Gasteiger partial charge in [-0.1, -0.05) is 13.8 Å². The quantitative estimate of drug-likeness (QED) is 0.398. The number of hydrazine groups is 1. The molecule has 0 spiro atoms. The van der Waals surface area contributed by atoms with Crippen molar-refractivity contribution < 1.29 is 18.8 Å². The lowest BCUT2D eigenvalue weighted by molar-refractivity contribution is -0.116. The number of carbonyl (C=O) groups excluding carboxylic acids is 3. The van der Waals surface area contributed by atoms with Crippen molar-refractivity contribution in [3.05, 3.63) is 52.4 Å². The van der Waals surface area contributed by atoms with E-state index in [1.54, 1.807) is 30.3 Å². The van der Waals surface area contributed by atoms with Crippen LogP contribution in [0.2, 0.25) is 0 Å². The predicted molar refractivity (Wildman–Crippen MR) is 112 cm³/mol. The van der Waals surface area contributed by atoms with Crippen LogP contribution in [-0.4, -0.2) is 22.8 Å². The number of anilines is 1. The zero-order valence-electron chi connectivity index (χ0n) is 15.2. The minimum atomic E-state index is -0.557. The first-order valence-corrected chi connectivity index (χ1v) is 9.51. The number of hydrogen-bond donors (Lipinski definition) is 4. The number of carbonyl (C=O) groups is 3. The van der Waals surface area contributed by atoms with Gasteiger partial charge in [-0.05, 0) is 70.5 Å². The molecule has 0 bridgehead atoms. The van der Waals surface area contributed by atoms with Crippen LogP contribution in [0.1, 0.15) is 41.2 Å². The lowest BCUT2D eigenvalue weighted by Crippen LogP contribution is -2.48. The van der Waals surface area contributed by atoms with Crippen molar-refractivity contribution >= 4 is 56.7 Å². The molecule has 0 aliphatic rings. The van der Waals surface area contributed by atoms with Gasteiger partial charge in [0.15, 0.2) is 15.5 Å². The van der Waals surface area contributed by atoms with E-state index < -0.39 is 11.8 Å². The standard InChI is InChI=1S/C18H19BrN4O4S/c1-10(2)9-15(24)20-12-5-3-11(4-6-12)16(25)22-23-18(28)21-17(26)13-7-8-14(19)27-13/h3-8,10H,9H2,1-2H3,(H,20,24)(H,22,25)(H2,21,23,26,28). The molecular weight excluding hydrogens is 448 g/mol. The highest BCUT2D eigenvalue weighted by molar-refractivity contribution is 9.10. The van der Waals surface area contributed by atoms with E-state index in [0.717, 1.165) is 0 Å². The molecule has 0 atom stereocenters. The Morgan fingerprint density at radius 1 is 1.04 bits per heavy atom. The summed E-state index contributed by atoms with van der Waals surface area (Å²) in [5.41, 5.74) is 5.75. The van der Waals surface area contributed by atoms with Crippen molar-refractivity contribution in [2.45, 2.75) is 20.3 Å². The van der Waals surface area contributed by atoms with Crippen molar-refractivity contribution in [1.29, 1.82) is 0 Å². The monoisotopic (exact) mass is 466 g/mol. The molecule has 0 fully saturated rings. The average molecular weight is 467 g/mol. The van der Waals surface area contributed by atoms with E-state index in [9.17, 15) is 14.4 Å². The molecule has 0 saturated heterocycles. The second kappa shape index (κ2) is 10.00. The number of amides is 3. The Hall–Kier alpha value is -2.72. The van der Waals surface area contributed by atoms with Gasteiger partial charge in [-0.15, -0.1) is 0 Å². The molecule has 0 radical (unpaired) electrons. The minimum Gasteiger partial charge on any atom is -0.444 e. The molecule has 4 N–H and O–H groups in total. The normalized spacial score (nSPS) is 10.3. The summed E-state index contributed by atoms with van der Waals surface area (Å²) in [6, 6.07) is 9.42. The van der Waals surface area contributed by atoms with Crippen LogP contribution in [0.5, 0.6) is 0 Å². The number of benzene rings is 1. The van der Waals surface area contributed by atoms with Crippen LogP contribution in [0.3, 0.4) is 0 Å². The van der Waals surface area contributed by atoms with Gasteiger partial charge in [0.2, 0.25) is 5.91 Å². The van der Waals surface area contributed by atoms with Gasteiger partial charge in [-0.3, -0.25) is 30.6 Å². The highest BCUT2D eigenvalue weighted by atomic mass is 79.9. The molecule has 1 aromatic heterocycles. The molecule has 0 aliphatic carbocycles. The van der Waals surface area contributed by atoms with Gasteiger partial charge < -0.3 is 9.73 Å². The van der Waals surface area contributed by atoms with Gasteiger partial charge in [-0.25, -0.2) is 0 Å². The van der Waals surface area contributed by atoms with Gasteiger partial charge in [0, 0.05) is 17.7 Å². The van der Waals surface area contributed by atoms with E-state index in [0.29, 0.717) is 22.3 Å². The third kappa shape index (κ3) is 6.78. The molecule has 2 aromatic rings. The van der Waals surface area contributed by atoms with Crippen LogP contribution in [0.4, 0.5) is 5.69 Å². The van der Waals surface area contributed by atoms with Crippen LogP contribution >= 0.6 is 28.1 Å². The molecular formula is C18H19BrN4O4S. The second-order valence-corrected chi connectivity index (χ2v) is 7.38. The van der Waals surface area contributed by atoms with Crippen LogP contribution < -0.4 is 21.5 Å². The number of hydrogen-bond acceptors (Lipinski definition) is 5. The summed E-state index contributed by atoms with van der Waals surface area (Å²) in [5, 5.41) is 5.03. The maximum atomic E-state index is 12.1. The first-order chi connectivity index (χ1) is 13.2. The van der Waals surface area contributed by atoms with E-state index >= 15 is 0 Å². The summed E-state index contributed by atoms with van der Waals surface area (Å²) >= 11 is 8.04.